The van der Waals surface area contributed by atoms with E-state index in [1.165, 1.54) is 43.1 Å². The third-order valence-electron chi connectivity index (χ3n) is 15.6. The van der Waals surface area contributed by atoms with Gasteiger partial charge in [-0.1, -0.05) is 142 Å². The topological polar surface area (TPSA) is 94.0 Å². The van der Waals surface area contributed by atoms with Gasteiger partial charge in [-0.25, -0.2) is 15.0 Å². The molecule has 3 aliphatic rings. The molecular weight excluding hydrogens is 1040 g/mol. The van der Waals surface area contributed by atoms with Crippen molar-refractivity contribution in [3.63, 3.8) is 0 Å². The van der Waals surface area contributed by atoms with Crippen LogP contribution in [-0.2, 0) is 19.3 Å². The van der Waals surface area contributed by atoms with E-state index < -0.39 is 0 Å². The maximum absolute atomic E-state index is 6.25. The van der Waals surface area contributed by atoms with Crippen molar-refractivity contribution in [1.29, 1.82) is 0 Å². The number of rotatable bonds is 8. The summed E-state index contributed by atoms with van der Waals surface area (Å²) >= 11 is 1.83. The number of aryl methyl sites for hydroxylation is 3. The molecule has 9 aromatic carbocycles. The zero-order valence-electron chi connectivity index (χ0n) is 45.8. The first kappa shape index (κ1) is 49.7. The molecule has 14 aromatic rings. The number of para-hydroxylation sites is 3. The van der Waals surface area contributed by atoms with Crippen LogP contribution < -0.4 is 14.2 Å². The largest absolute Gasteiger partial charge is 0.453 e. The molecule has 17 rings (SSSR count). The highest BCUT2D eigenvalue weighted by Crippen LogP contribution is 2.46. The van der Waals surface area contributed by atoms with Crippen LogP contribution in [0.3, 0.4) is 0 Å². The van der Waals surface area contributed by atoms with Crippen LogP contribution in [0.1, 0.15) is 38.2 Å². The molecule has 5 aromatic heterocycles. The lowest BCUT2D eigenvalue weighted by atomic mass is 10.0. The molecule has 400 valence electrons. The molecule has 0 N–H and O–H groups in total. The van der Waals surface area contributed by atoms with Crippen molar-refractivity contribution in [1.82, 2.24) is 33.6 Å². The van der Waals surface area contributed by atoms with Crippen LogP contribution in [0, 0.1) is 0 Å². The van der Waals surface area contributed by atoms with Gasteiger partial charge >= 0.3 is 0 Å². The first-order valence-electron chi connectivity index (χ1n) is 28.2. The number of hydrogen-bond acceptors (Lipinski definition) is 8. The van der Waals surface area contributed by atoms with Crippen molar-refractivity contribution in [2.24, 2.45) is 0 Å². The Kier molecular flexibility index (Phi) is 12.3. The number of imidazole rings is 3. The molecule has 0 radical (unpaired) electrons. The number of hydrogen-bond donors (Lipinski definition) is 0. The number of thiophene rings is 1. The predicted molar refractivity (Wildman–Crippen MR) is 334 cm³/mol. The predicted octanol–water partition coefficient (Wildman–Crippen LogP) is 18.9. The molecule has 10 nitrogen and oxygen atoms in total. The van der Waals surface area contributed by atoms with Gasteiger partial charge in [-0.15, -0.1) is 11.3 Å². The van der Waals surface area contributed by atoms with Crippen LogP contribution in [0.5, 0.6) is 34.5 Å². The Morgan fingerprint density at radius 3 is 1.05 bits per heavy atom. The van der Waals surface area contributed by atoms with E-state index in [0.717, 1.165) is 133 Å². The van der Waals surface area contributed by atoms with E-state index in [4.69, 9.17) is 29.2 Å². The summed E-state index contributed by atoms with van der Waals surface area (Å²) in [6.45, 7) is 6.42. The van der Waals surface area contributed by atoms with Gasteiger partial charge in [-0.2, -0.15) is 0 Å². The highest BCUT2D eigenvalue weighted by Gasteiger charge is 2.27. The number of pyridine rings is 1. The standard InChI is InChI=1S/C31H22N2OS.C21H16N2O.C20H15N3O/c1-2-30-32-24-9-6-10-27-31(24)33(30)25-19-23(15-16-26(25)34-27)20-11-13-22(14-12-20)29-18-17-28(35-29)21-7-4-3-5-8-21;1-2-20-22-16-9-6-10-19-21(16)23(20)17-13-15(11-12-18(17)24-19)14-7-4-3-5-8-14;1-2-19-22-15-4-3-5-18-20(15)23(19)16-12-14(6-7-17(16)24-18)13-8-10-21-11-9-13/h3-19H,2H2,1H3;3-13H,2H2,1H3;3-12H,2H2,1H3. The SMILES string of the molecule is CCc1nc2cccc3c2n1-c1cc(-c2ccc(-c4ccc(-c5ccccc5)s4)cc2)ccc1O3.CCc1nc2cccc3c2n1-c1cc(-c2ccccc2)ccc1O3.CCc1nc2cccc3c2n1-c1cc(-c2ccncc2)ccc1O3. The molecule has 0 spiro atoms. The molecule has 0 saturated heterocycles. The van der Waals surface area contributed by atoms with E-state index in [1.807, 2.05) is 96.5 Å². The van der Waals surface area contributed by atoms with E-state index >= 15 is 0 Å². The van der Waals surface area contributed by atoms with Gasteiger partial charge in [0, 0.05) is 41.4 Å². The third-order valence-corrected chi connectivity index (χ3v) is 16.8. The van der Waals surface area contributed by atoms with Crippen molar-refractivity contribution < 1.29 is 14.2 Å². The molecule has 0 atom stereocenters. The summed E-state index contributed by atoms with van der Waals surface area (Å²) in [7, 11) is 0. The van der Waals surface area contributed by atoms with Crippen molar-refractivity contribution in [2.45, 2.75) is 40.0 Å². The summed E-state index contributed by atoms with van der Waals surface area (Å²) in [6, 6.07) is 75.5. The Bertz CT molecular complexity index is 4600. The Morgan fingerprint density at radius 1 is 0.313 bits per heavy atom. The highest BCUT2D eigenvalue weighted by molar-refractivity contribution is 7.18. The molecule has 83 heavy (non-hydrogen) atoms. The fourth-order valence-corrected chi connectivity index (χ4v) is 12.7. The van der Waals surface area contributed by atoms with Gasteiger partial charge in [0.1, 0.15) is 34.0 Å². The molecule has 0 amide bonds. The van der Waals surface area contributed by atoms with Crippen LogP contribution in [0.15, 0.2) is 231 Å². The molecule has 0 unspecified atom stereocenters. The fraction of sp³-hybridized carbons (Fsp3) is 0.0833. The average Bonchev–Trinajstić information content (AvgIpc) is 3.19. The monoisotopic (exact) mass is 1100 g/mol. The molecule has 0 aliphatic carbocycles. The molecule has 0 fully saturated rings. The quantitative estimate of drug-likeness (QED) is 0.150. The Morgan fingerprint density at radius 2 is 0.651 bits per heavy atom. The van der Waals surface area contributed by atoms with Crippen LogP contribution in [-0.4, -0.2) is 33.6 Å². The smallest absolute Gasteiger partial charge is 0.153 e. The number of aromatic nitrogens is 7. The highest BCUT2D eigenvalue weighted by atomic mass is 32.1. The van der Waals surface area contributed by atoms with Crippen molar-refractivity contribution in [3.05, 3.63) is 248 Å². The zero-order valence-corrected chi connectivity index (χ0v) is 46.6. The number of benzene rings is 9. The van der Waals surface area contributed by atoms with Crippen molar-refractivity contribution in [3.8, 4) is 106 Å². The molecule has 0 bridgehead atoms. The minimum absolute atomic E-state index is 0.859. The van der Waals surface area contributed by atoms with E-state index in [-0.39, 0.29) is 0 Å². The number of nitrogens with zero attached hydrogens (tertiary/aromatic N) is 7. The lowest BCUT2D eigenvalue weighted by Gasteiger charge is -2.21. The Balaban J connectivity index is 0.000000109. The van der Waals surface area contributed by atoms with E-state index in [9.17, 15) is 0 Å². The molecule has 11 heteroatoms. The van der Waals surface area contributed by atoms with E-state index in [0.29, 0.717) is 0 Å². The first-order chi connectivity index (χ1) is 41.0. The summed E-state index contributed by atoms with van der Waals surface area (Å²) < 4.78 is 25.3. The Hall–Kier alpha value is -10.4. The second-order valence-electron chi connectivity index (χ2n) is 20.6. The first-order valence-corrected chi connectivity index (χ1v) is 29.0. The number of fused-ring (bicyclic) bond motifs is 6. The lowest BCUT2D eigenvalue weighted by molar-refractivity contribution is 0.474. The Labute approximate surface area is 483 Å². The molecule has 8 heterocycles. The van der Waals surface area contributed by atoms with Crippen LogP contribution in [0.4, 0.5) is 0 Å². The van der Waals surface area contributed by atoms with Gasteiger partial charge in [-0.05, 0) is 142 Å². The maximum atomic E-state index is 6.25. The summed E-state index contributed by atoms with van der Waals surface area (Å²) in [5, 5.41) is 0. The van der Waals surface area contributed by atoms with Crippen molar-refractivity contribution in [2.75, 3.05) is 0 Å². The van der Waals surface area contributed by atoms with Gasteiger partial charge < -0.3 is 14.2 Å². The second-order valence-corrected chi connectivity index (χ2v) is 21.7. The van der Waals surface area contributed by atoms with Gasteiger partial charge in [0.25, 0.3) is 0 Å². The van der Waals surface area contributed by atoms with Gasteiger partial charge in [0.2, 0.25) is 0 Å². The second kappa shape index (κ2) is 20.6. The summed E-state index contributed by atoms with van der Waals surface area (Å²) in [4.78, 5) is 21.1. The van der Waals surface area contributed by atoms with E-state index in [2.05, 4.69) is 185 Å². The maximum Gasteiger partial charge on any atom is 0.153 e. The normalized spacial score (nSPS) is 12.0. The molecular formula is C72H53N7O3S. The summed E-state index contributed by atoms with van der Waals surface area (Å²) in [6.07, 6.45) is 6.23. The van der Waals surface area contributed by atoms with Crippen molar-refractivity contribution >= 4 is 44.4 Å². The summed E-state index contributed by atoms with van der Waals surface area (Å²) in [5.74, 6) is 8.37. The van der Waals surface area contributed by atoms with Gasteiger partial charge in [0.15, 0.2) is 34.5 Å². The van der Waals surface area contributed by atoms with Gasteiger partial charge in [-0.3, -0.25) is 18.7 Å². The minimum Gasteiger partial charge on any atom is -0.453 e. The average molecular weight is 1100 g/mol. The summed E-state index contributed by atoms with van der Waals surface area (Å²) in [5.41, 5.74) is 18.8. The van der Waals surface area contributed by atoms with Crippen LogP contribution in [0.25, 0.3) is 104 Å². The lowest BCUT2D eigenvalue weighted by Crippen LogP contribution is -2.07. The third kappa shape index (κ3) is 8.72. The number of ether oxygens (including phenoxy) is 3. The van der Waals surface area contributed by atoms with Crippen LogP contribution >= 0.6 is 11.3 Å². The van der Waals surface area contributed by atoms with Gasteiger partial charge in [0.05, 0.1) is 33.6 Å². The van der Waals surface area contributed by atoms with Crippen LogP contribution in [0.2, 0.25) is 0 Å². The minimum atomic E-state index is 0.859. The van der Waals surface area contributed by atoms with E-state index in [1.54, 1.807) is 0 Å². The zero-order chi connectivity index (χ0) is 55.5. The molecule has 3 aliphatic heterocycles. The molecule has 0 saturated carbocycles. The fourth-order valence-electron chi connectivity index (χ4n) is 11.7.